The van der Waals surface area contributed by atoms with Gasteiger partial charge in [0.25, 0.3) is 11.8 Å². The van der Waals surface area contributed by atoms with Gasteiger partial charge in [0.1, 0.15) is 5.54 Å². The number of carbonyl (C=O) groups is 1. The van der Waals surface area contributed by atoms with Crippen LogP contribution in [0.5, 0.6) is 0 Å². The lowest BCUT2D eigenvalue weighted by Gasteiger charge is -2.34. The van der Waals surface area contributed by atoms with Crippen molar-refractivity contribution >= 4 is 5.91 Å². The molecule has 2 aromatic carbocycles. The Labute approximate surface area is 165 Å². The zero-order valence-corrected chi connectivity index (χ0v) is 16.4. The highest BCUT2D eigenvalue weighted by Crippen LogP contribution is 2.37. The third-order valence-electron chi connectivity index (χ3n) is 5.70. The van der Waals surface area contributed by atoms with Crippen LogP contribution in [0.25, 0.3) is 11.4 Å². The van der Waals surface area contributed by atoms with E-state index in [9.17, 15) is 4.79 Å². The zero-order valence-electron chi connectivity index (χ0n) is 16.4. The molecule has 28 heavy (non-hydrogen) atoms. The average Bonchev–Trinajstić information content (AvgIpc) is 3.22. The van der Waals surface area contributed by atoms with E-state index in [1.165, 1.54) is 5.56 Å². The Morgan fingerprint density at radius 1 is 1.00 bits per heavy atom. The molecule has 5 nitrogen and oxygen atoms in total. The van der Waals surface area contributed by atoms with Crippen LogP contribution in [-0.2, 0) is 5.54 Å². The number of benzene rings is 2. The summed E-state index contributed by atoms with van der Waals surface area (Å²) in [6, 6.07) is 15.6. The highest BCUT2D eigenvalue weighted by Gasteiger charge is 2.41. The lowest BCUT2D eigenvalue weighted by Crippen LogP contribution is -2.47. The molecule has 144 valence electrons. The molecule has 1 heterocycles. The van der Waals surface area contributed by atoms with Crippen molar-refractivity contribution in [1.82, 2.24) is 15.5 Å². The summed E-state index contributed by atoms with van der Waals surface area (Å²) >= 11 is 0. The largest absolute Gasteiger partial charge is 0.338 e. The first-order chi connectivity index (χ1) is 13.6. The van der Waals surface area contributed by atoms with Gasteiger partial charge in [0.15, 0.2) is 0 Å². The molecule has 1 saturated carbocycles. The fraction of sp³-hybridized carbons (Fsp3) is 0.348. The number of hydrogen-bond acceptors (Lipinski definition) is 4. The molecule has 1 fully saturated rings. The molecule has 0 bridgehead atoms. The van der Waals surface area contributed by atoms with Crippen molar-refractivity contribution in [3.63, 3.8) is 0 Å². The summed E-state index contributed by atoms with van der Waals surface area (Å²) in [7, 11) is 0. The molecule has 0 aliphatic heterocycles. The number of hydrogen-bond donors (Lipinski definition) is 1. The third-order valence-corrected chi connectivity index (χ3v) is 5.70. The summed E-state index contributed by atoms with van der Waals surface area (Å²) < 4.78 is 5.67. The van der Waals surface area contributed by atoms with Crippen LogP contribution in [0, 0.1) is 13.8 Å². The Balaban J connectivity index is 1.64. The predicted molar refractivity (Wildman–Crippen MR) is 108 cm³/mol. The van der Waals surface area contributed by atoms with E-state index in [0.717, 1.165) is 43.2 Å². The van der Waals surface area contributed by atoms with Crippen molar-refractivity contribution in [2.45, 2.75) is 51.5 Å². The van der Waals surface area contributed by atoms with Crippen LogP contribution in [0.2, 0.25) is 0 Å². The van der Waals surface area contributed by atoms with E-state index in [1.807, 2.05) is 62.4 Å². The Hall–Kier alpha value is -2.95. The summed E-state index contributed by atoms with van der Waals surface area (Å²) in [5.41, 5.74) is 3.25. The monoisotopic (exact) mass is 375 g/mol. The van der Waals surface area contributed by atoms with Crippen molar-refractivity contribution in [2.75, 3.05) is 0 Å². The van der Waals surface area contributed by atoms with Gasteiger partial charge in [0.2, 0.25) is 5.82 Å². The highest BCUT2D eigenvalue weighted by molar-refractivity contribution is 5.95. The molecule has 3 aromatic rings. The minimum Gasteiger partial charge on any atom is -0.338 e. The fourth-order valence-corrected chi connectivity index (χ4v) is 3.84. The highest BCUT2D eigenvalue weighted by atomic mass is 16.5. The first-order valence-electron chi connectivity index (χ1n) is 9.87. The predicted octanol–water partition coefficient (Wildman–Crippen LogP) is 4.94. The molecule has 5 heteroatoms. The molecule has 0 atom stereocenters. The maximum absolute atomic E-state index is 13.0. The van der Waals surface area contributed by atoms with Crippen molar-refractivity contribution in [3.8, 4) is 11.4 Å². The van der Waals surface area contributed by atoms with Crippen LogP contribution in [0.15, 0.2) is 53.1 Å². The molecule has 4 rings (SSSR count). The normalized spacial score (nSPS) is 15.9. The zero-order chi connectivity index (χ0) is 19.6. The van der Waals surface area contributed by atoms with E-state index >= 15 is 0 Å². The quantitative estimate of drug-likeness (QED) is 0.701. The van der Waals surface area contributed by atoms with E-state index in [0.29, 0.717) is 17.3 Å². The Bertz CT molecular complexity index is 973. The average molecular weight is 375 g/mol. The molecule has 1 amide bonds. The number of amides is 1. The maximum atomic E-state index is 13.0. The first kappa shape index (κ1) is 18.4. The van der Waals surface area contributed by atoms with Gasteiger partial charge in [-0.25, -0.2) is 0 Å². The Morgan fingerprint density at radius 3 is 2.46 bits per heavy atom. The van der Waals surface area contributed by atoms with Gasteiger partial charge in [-0.3, -0.25) is 4.79 Å². The fourth-order valence-electron chi connectivity index (χ4n) is 3.84. The number of nitrogens with zero attached hydrogens (tertiary/aromatic N) is 2. The number of carbonyl (C=O) groups excluding carboxylic acids is 1. The van der Waals surface area contributed by atoms with Gasteiger partial charge < -0.3 is 9.84 Å². The molecule has 0 spiro atoms. The standard InChI is InChI=1S/C23H25N3O2/c1-16-11-12-19(15-17(16)2)21(27)25-23(13-7-4-8-14-23)22-24-20(26-28-22)18-9-5-3-6-10-18/h3,5-6,9-12,15H,4,7-8,13-14H2,1-2H3,(H,25,27). The SMILES string of the molecule is Cc1ccc(C(=O)NC2(c3nc(-c4ccccc4)no3)CCCCC2)cc1C. The second-order valence-electron chi connectivity index (χ2n) is 7.69. The number of aryl methyl sites for hydroxylation is 2. The lowest BCUT2D eigenvalue weighted by atomic mass is 9.81. The minimum atomic E-state index is -0.603. The van der Waals surface area contributed by atoms with Crippen LogP contribution < -0.4 is 5.32 Å². The number of nitrogens with one attached hydrogen (secondary N) is 1. The third kappa shape index (κ3) is 3.57. The molecule has 0 saturated heterocycles. The second kappa shape index (κ2) is 7.58. The summed E-state index contributed by atoms with van der Waals surface area (Å²) in [4.78, 5) is 17.7. The van der Waals surface area contributed by atoms with E-state index in [2.05, 4.69) is 15.5 Å². The molecular weight excluding hydrogens is 350 g/mol. The van der Waals surface area contributed by atoms with E-state index < -0.39 is 5.54 Å². The molecule has 1 N–H and O–H groups in total. The van der Waals surface area contributed by atoms with Gasteiger partial charge >= 0.3 is 0 Å². The van der Waals surface area contributed by atoms with E-state index in [1.54, 1.807) is 0 Å². The number of rotatable bonds is 4. The van der Waals surface area contributed by atoms with Crippen LogP contribution in [0.4, 0.5) is 0 Å². The van der Waals surface area contributed by atoms with Gasteiger partial charge in [-0.15, -0.1) is 0 Å². The van der Waals surface area contributed by atoms with Gasteiger partial charge in [0, 0.05) is 11.1 Å². The van der Waals surface area contributed by atoms with E-state index in [-0.39, 0.29) is 5.91 Å². The topological polar surface area (TPSA) is 68.0 Å². The van der Waals surface area contributed by atoms with Gasteiger partial charge in [-0.05, 0) is 49.9 Å². The van der Waals surface area contributed by atoms with Gasteiger partial charge in [0.05, 0.1) is 0 Å². The van der Waals surface area contributed by atoms with Crippen molar-refractivity contribution in [3.05, 3.63) is 71.1 Å². The van der Waals surface area contributed by atoms with Crippen LogP contribution in [0.3, 0.4) is 0 Å². The van der Waals surface area contributed by atoms with E-state index in [4.69, 9.17) is 4.52 Å². The Morgan fingerprint density at radius 2 is 1.75 bits per heavy atom. The second-order valence-corrected chi connectivity index (χ2v) is 7.69. The lowest BCUT2D eigenvalue weighted by molar-refractivity contribution is 0.0824. The van der Waals surface area contributed by atoms with Crippen LogP contribution in [-0.4, -0.2) is 16.0 Å². The summed E-state index contributed by atoms with van der Waals surface area (Å²) in [6.07, 6.45) is 4.81. The first-order valence-corrected chi connectivity index (χ1v) is 9.87. The minimum absolute atomic E-state index is 0.0931. The smallest absolute Gasteiger partial charge is 0.252 e. The maximum Gasteiger partial charge on any atom is 0.252 e. The molecule has 0 unspecified atom stereocenters. The molecule has 1 aromatic heterocycles. The molecular formula is C23H25N3O2. The van der Waals surface area contributed by atoms with Crippen molar-refractivity contribution in [1.29, 1.82) is 0 Å². The Kier molecular flexibility index (Phi) is 4.99. The van der Waals surface area contributed by atoms with Gasteiger partial charge in [-0.1, -0.05) is 60.8 Å². The summed E-state index contributed by atoms with van der Waals surface area (Å²) in [5, 5.41) is 7.42. The van der Waals surface area contributed by atoms with Crippen LogP contribution in [0.1, 0.15) is 59.5 Å². The molecule has 0 radical (unpaired) electrons. The van der Waals surface area contributed by atoms with Crippen molar-refractivity contribution < 1.29 is 9.32 Å². The summed E-state index contributed by atoms with van der Waals surface area (Å²) in [6.45, 7) is 4.07. The summed E-state index contributed by atoms with van der Waals surface area (Å²) in [5.74, 6) is 0.966. The molecule has 1 aliphatic rings. The van der Waals surface area contributed by atoms with Crippen LogP contribution >= 0.6 is 0 Å². The molecule has 1 aliphatic carbocycles. The van der Waals surface area contributed by atoms with Gasteiger partial charge in [-0.2, -0.15) is 4.98 Å². The number of aromatic nitrogens is 2. The van der Waals surface area contributed by atoms with Crippen molar-refractivity contribution in [2.24, 2.45) is 0 Å².